The van der Waals surface area contributed by atoms with Crippen molar-refractivity contribution in [1.29, 1.82) is 0 Å². The predicted octanol–water partition coefficient (Wildman–Crippen LogP) is 2.60. The van der Waals surface area contributed by atoms with Gasteiger partial charge in [0, 0.05) is 6.20 Å². The van der Waals surface area contributed by atoms with E-state index in [1.807, 2.05) is 12.1 Å². The molecule has 1 rings (SSSR count). The van der Waals surface area contributed by atoms with E-state index in [-0.39, 0.29) is 5.97 Å². The molecule has 0 saturated heterocycles. The second-order valence-electron chi connectivity index (χ2n) is 3.37. The lowest BCUT2D eigenvalue weighted by Gasteiger charge is -2.03. The normalized spacial score (nSPS) is 10.0. The predicted molar refractivity (Wildman–Crippen MR) is 58.8 cm³/mol. The molecule has 0 aliphatic heterocycles. The van der Waals surface area contributed by atoms with E-state index in [4.69, 9.17) is 4.74 Å². The molecule has 0 spiro atoms. The molecule has 1 heterocycles. The van der Waals surface area contributed by atoms with E-state index in [1.54, 1.807) is 13.1 Å². The number of aryl methyl sites for hydroxylation is 1. The van der Waals surface area contributed by atoms with Crippen molar-refractivity contribution < 1.29 is 9.53 Å². The summed E-state index contributed by atoms with van der Waals surface area (Å²) in [7, 11) is 0. The average Bonchev–Trinajstić information content (AvgIpc) is 2.27. The number of pyridine rings is 1. The molecule has 15 heavy (non-hydrogen) atoms. The van der Waals surface area contributed by atoms with Crippen LogP contribution < -0.4 is 0 Å². The van der Waals surface area contributed by atoms with Crippen molar-refractivity contribution in [3.8, 4) is 0 Å². The maximum atomic E-state index is 11.4. The molecule has 0 aromatic carbocycles. The highest BCUT2D eigenvalue weighted by Crippen LogP contribution is 2.07. The van der Waals surface area contributed by atoms with Crippen molar-refractivity contribution in [2.24, 2.45) is 0 Å². The first kappa shape index (κ1) is 11.7. The van der Waals surface area contributed by atoms with Gasteiger partial charge in [0.05, 0.1) is 6.61 Å². The van der Waals surface area contributed by atoms with Gasteiger partial charge in [-0.25, -0.2) is 9.78 Å². The van der Waals surface area contributed by atoms with Gasteiger partial charge in [-0.2, -0.15) is 0 Å². The second kappa shape index (κ2) is 6.17. The molecule has 0 saturated carbocycles. The van der Waals surface area contributed by atoms with Crippen molar-refractivity contribution in [1.82, 2.24) is 4.98 Å². The lowest BCUT2D eigenvalue weighted by molar-refractivity contribution is 0.0519. The molecule has 0 aliphatic carbocycles. The van der Waals surface area contributed by atoms with Crippen molar-refractivity contribution in [3.63, 3.8) is 0 Å². The minimum absolute atomic E-state index is 0.337. The lowest BCUT2D eigenvalue weighted by atomic mass is 10.1. The van der Waals surface area contributed by atoms with E-state index in [0.29, 0.717) is 12.3 Å². The molecule has 0 unspecified atom stereocenters. The second-order valence-corrected chi connectivity index (χ2v) is 3.37. The summed E-state index contributed by atoms with van der Waals surface area (Å²) in [6, 6.07) is 3.76. The van der Waals surface area contributed by atoms with Crippen LogP contribution in [0.1, 0.15) is 42.7 Å². The van der Waals surface area contributed by atoms with Gasteiger partial charge in [-0.3, -0.25) is 0 Å². The van der Waals surface area contributed by atoms with E-state index >= 15 is 0 Å². The fourth-order valence-electron chi connectivity index (χ4n) is 1.33. The van der Waals surface area contributed by atoms with Crippen LogP contribution in [0.25, 0.3) is 0 Å². The fourth-order valence-corrected chi connectivity index (χ4v) is 1.33. The third-order valence-electron chi connectivity index (χ3n) is 2.13. The quantitative estimate of drug-likeness (QED) is 0.697. The van der Waals surface area contributed by atoms with Crippen LogP contribution in [0.4, 0.5) is 0 Å². The summed E-state index contributed by atoms with van der Waals surface area (Å²) >= 11 is 0. The average molecular weight is 207 g/mol. The van der Waals surface area contributed by atoms with Gasteiger partial charge in [0.1, 0.15) is 5.69 Å². The highest BCUT2D eigenvalue weighted by molar-refractivity contribution is 5.87. The van der Waals surface area contributed by atoms with E-state index in [2.05, 4.69) is 11.9 Å². The molecular formula is C12H17NO2. The molecule has 0 atom stereocenters. The summed E-state index contributed by atoms with van der Waals surface area (Å²) < 4.78 is 4.89. The van der Waals surface area contributed by atoms with Gasteiger partial charge in [0.2, 0.25) is 0 Å². The van der Waals surface area contributed by atoms with Gasteiger partial charge < -0.3 is 4.74 Å². The largest absolute Gasteiger partial charge is 0.461 e. The van der Waals surface area contributed by atoms with Gasteiger partial charge in [-0.15, -0.1) is 0 Å². The number of ether oxygens (including phenoxy) is 1. The molecule has 3 heteroatoms. The maximum absolute atomic E-state index is 11.4. The molecule has 0 N–H and O–H groups in total. The number of unbranched alkanes of at least 4 members (excludes halogenated alkanes) is 1. The number of aromatic nitrogens is 1. The Morgan fingerprint density at radius 3 is 2.93 bits per heavy atom. The SMILES string of the molecule is CCCCc1ccnc(C(=O)OCC)c1. The molecule has 82 valence electrons. The molecular weight excluding hydrogens is 190 g/mol. The van der Waals surface area contributed by atoms with Crippen LogP contribution in [0, 0.1) is 0 Å². The van der Waals surface area contributed by atoms with Crippen LogP contribution in [-0.2, 0) is 11.2 Å². The smallest absolute Gasteiger partial charge is 0.356 e. The van der Waals surface area contributed by atoms with Crippen molar-refractivity contribution in [2.45, 2.75) is 33.1 Å². The van der Waals surface area contributed by atoms with Crippen LogP contribution in [0.2, 0.25) is 0 Å². The van der Waals surface area contributed by atoms with Crippen molar-refractivity contribution >= 4 is 5.97 Å². The zero-order valence-corrected chi connectivity index (χ0v) is 9.32. The van der Waals surface area contributed by atoms with Gasteiger partial charge in [-0.05, 0) is 37.5 Å². The Bertz CT molecular complexity index is 323. The number of carbonyl (C=O) groups is 1. The van der Waals surface area contributed by atoms with Crippen LogP contribution >= 0.6 is 0 Å². The third kappa shape index (κ3) is 3.70. The van der Waals surface area contributed by atoms with Crippen LogP contribution in [-0.4, -0.2) is 17.6 Å². The van der Waals surface area contributed by atoms with Gasteiger partial charge in [0.25, 0.3) is 0 Å². The molecule has 0 amide bonds. The van der Waals surface area contributed by atoms with Gasteiger partial charge in [0.15, 0.2) is 0 Å². The minimum atomic E-state index is -0.337. The Balaban J connectivity index is 2.69. The van der Waals surface area contributed by atoms with Crippen molar-refractivity contribution in [2.75, 3.05) is 6.61 Å². The first-order valence-corrected chi connectivity index (χ1v) is 5.40. The Morgan fingerprint density at radius 2 is 2.27 bits per heavy atom. The zero-order chi connectivity index (χ0) is 11.1. The highest BCUT2D eigenvalue weighted by Gasteiger charge is 2.07. The Morgan fingerprint density at radius 1 is 1.47 bits per heavy atom. The van der Waals surface area contributed by atoms with Crippen LogP contribution in [0.5, 0.6) is 0 Å². The Hall–Kier alpha value is -1.38. The maximum Gasteiger partial charge on any atom is 0.356 e. The van der Waals surface area contributed by atoms with E-state index < -0.39 is 0 Å². The Kier molecular flexibility index (Phi) is 4.81. The molecule has 0 bridgehead atoms. The first-order chi connectivity index (χ1) is 7.27. The number of esters is 1. The summed E-state index contributed by atoms with van der Waals surface area (Å²) in [5.41, 5.74) is 1.56. The van der Waals surface area contributed by atoms with Crippen LogP contribution in [0.3, 0.4) is 0 Å². The molecule has 0 aliphatic rings. The van der Waals surface area contributed by atoms with Gasteiger partial charge in [-0.1, -0.05) is 13.3 Å². The summed E-state index contributed by atoms with van der Waals surface area (Å²) in [6.45, 7) is 4.33. The van der Waals surface area contributed by atoms with E-state index in [1.165, 1.54) is 0 Å². The number of rotatable bonds is 5. The summed E-state index contributed by atoms with van der Waals surface area (Å²) in [6.07, 6.45) is 4.94. The van der Waals surface area contributed by atoms with Crippen molar-refractivity contribution in [3.05, 3.63) is 29.6 Å². The molecule has 0 fully saturated rings. The monoisotopic (exact) mass is 207 g/mol. The summed E-state index contributed by atoms with van der Waals surface area (Å²) in [5, 5.41) is 0. The fraction of sp³-hybridized carbons (Fsp3) is 0.500. The lowest BCUT2D eigenvalue weighted by Crippen LogP contribution is -2.07. The Labute approximate surface area is 90.5 Å². The topological polar surface area (TPSA) is 39.2 Å². The third-order valence-corrected chi connectivity index (χ3v) is 2.13. The minimum Gasteiger partial charge on any atom is -0.461 e. The van der Waals surface area contributed by atoms with E-state index in [9.17, 15) is 4.79 Å². The highest BCUT2D eigenvalue weighted by atomic mass is 16.5. The molecule has 3 nitrogen and oxygen atoms in total. The number of hydrogen-bond acceptors (Lipinski definition) is 3. The molecule has 1 aromatic heterocycles. The van der Waals surface area contributed by atoms with E-state index in [0.717, 1.165) is 24.8 Å². The summed E-state index contributed by atoms with van der Waals surface area (Å²) in [4.78, 5) is 15.4. The molecule has 0 radical (unpaired) electrons. The number of nitrogens with zero attached hydrogens (tertiary/aromatic N) is 1. The van der Waals surface area contributed by atoms with Gasteiger partial charge >= 0.3 is 5.97 Å². The summed E-state index contributed by atoms with van der Waals surface area (Å²) in [5.74, 6) is -0.337. The number of hydrogen-bond donors (Lipinski definition) is 0. The first-order valence-electron chi connectivity index (χ1n) is 5.40. The standard InChI is InChI=1S/C12H17NO2/c1-3-5-6-10-7-8-13-11(9-10)12(14)15-4-2/h7-9H,3-6H2,1-2H3. The molecule has 1 aromatic rings. The van der Waals surface area contributed by atoms with Crippen LogP contribution in [0.15, 0.2) is 18.3 Å². The zero-order valence-electron chi connectivity index (χ0n) is 9.32. The number of carbonyl (C=O) groups excluding carboxylic acids is 1.